The number of rotatable bonds is 3. The molecule has 3 aromatic rings. The number of likely N-dealkylation sites (tertiary alicyclic amines) is 1. The summed E-state index contributed by atoms with van der Waals surface area (Å²) in [6.45, 7) is 3.71. The molecular weight excluding hydrogens is 324 g/mol. The highest BCUT2D eigenvalue weighted by Crippen LogP contribution is 2.30. The van der Waals surface area contributed by atoms with Gasteiger partial charge in [0, 0.05) is 19.0 Å². The van der Waals surface area contributed by atoms with E-state index < -0.39 is 0 Å². The molecule has 26 heavy (non-hydrogen) atoms. The highest BCUT2D eigenvalue weighted by molar-refractivity contribution is 5.97. The number of nitrogens with zero attached hydrogens (tertiary/aromatic N) is 4. The molecule has 1 saturated heterocycles. The molecule has 0 radical (unpaired) electrons. The predicted octanol–water partition coefficient (Wildman–Crippen LogP) is 3.60. The Balaban J connectivity index is 1.60. The van der Waals surface area contributed by atoms with E-state index in [9.17, 15) is 4.79 Å². The van der Waals surface area contributed by atoms with E-state index in [0.717, 1.165) is 31.6 Å². The van der Waals surface area contributed by atoms with Gasteiger partial charge in [0.2, 0.25) is 0 Å². The molecule has 2 aromatic carbocycles. The third kappa shape index (κ3) is 3.12. The van der Waals surface area contributed by atoms with Crippen molar-refractivity contribution in [3.8, 4) is 5.69 Å². The third-order valence-corrected chi connectivity index (χ3v) is 5.14. The first-order valence-corrected chi connectivity index (χ1v) is 9.03. The molecular formula is C21H22N4O. The Labute approximate surface area is 153 Å². The van der Waals surface area contributed by atoms with Gasteiger partial charge in [0.25, 0.3) is 5.91 Å². The van der Waals surface area contributed by atoms with Crippen LogP contribution in [0.15, 0.2) is 61.2 Å². The summed E-state index contributed by atoms with van der Waals surface area (Å²) in [5, 5.41) is 4.18. The van der Waals surface area contributed by atoms with Gasteiger partial charge in [-0.3, -0.25) is 4.79 Å². The molecule has 1 atom stereocenters. The fourth-order valence-corrected chi connectivity index (χ4v) is 3.82. The van der Waals surface area contributed by atoms with Crippen LogP contribution in [0.5, 0.6) is 0 Å². The zero-order valence-electron chi connectivity index (χ0n) is 14.9. The maximum Gasteiger partial charge on any atom is 0.256 e. The summed E-state index contributed by atoms with van der Waals surface area (Å²) < 4.78 is 1.65. The average Bonchev–Trinajstić information content (AvgIpc) is 3.22. The normalized spacial score (nSPS) is 17.3. The van der Waals surface area contributed by atoms with Crippen LogP contribution in [0.2, 0.25) is 0 Å². The van der Waals surface area contributed by atoms with Gasteiger partial charge in [0.15, 0.2) is 0 Å². The molecule has 4 rings (SSSR count). The lowest BCUT2D eigenvalue weighted by Crippen LogP contribution is -2.39. The van der Waals surface area contributed by atoms with Crippen molar-refractivity contribution in [3.05, 3.63) is 77.9 Å². The maximum atomic E-state index is 13.2. The molecule has 5 heteroatoms. The van der Waals surface area contributed by atoms with Gasteiger partial charge in [-0.15, -0.1) is 0 Å². The quantitative estimate of drug-likeness (QED) is 0.728. The minimum absolute atomic E-state index is 0.0642. The van der Waals surface area contributed by atoms with E-state index in [-0.39, 0.29) is 5.91 Å². The van der Waals surface area contributed by atoms with Crippen molar-refractivity contribution >= 4 is 5.91 Å². The van der Waals surface area contributed by atoms with Gasteiger partial charge in [-0.25, -0.2) is 9.67 Å². The van der Waals surface area contributed by atoms with E-state index >= 15 is 0 Å². The highest BCUT2D eigenvalue weighted by atomic mass is 16.2. The lowest BCUT2D eigenvalue weighted by molar-refractivity contribution is 0.0706. The van der Waals surface area contributed by atoms with Crippen LogP contribution >= 0.6 is 0 Å². The van der Waals surface area contributed by atoms with Crippen molar-refractivity contribution in [2.24, 2.45) is 0 Å². The second kappa shape index (κ2) is 7.12. The van der Waals surface area contributed by atoms with Crippen LogP contribution in [0, 0.1) is 6.92 Å². The molecule has 1 aliphatic heterocycles. The summed E-state index contributed by atoms with van der Waals surface area (Å²) in [6, 6.07) is 16.1. The maximum absolute atomic E-state index is 13.2. The van der Waals surface area contributed by atoms with Crippen molar-refractivity contribution in [1.29, 1.82) is 0 Å². The topological polar surface area (TPSA) is 51.0 Å². The molecule has 0 N–H and O–H groups in total. The molecule has 0 bridgehead atoms. The SMILES string of the molecule is Cc1ccccc1C1CCCN(C(=O)c2ccccc2-n2cncn2)C1. The van der Waals surface area contributed by atoms with Crippen LogP contribution in [0.25, 0.3) is 5.69 Å². The average molecular weight is 346 g/mol. The molecule has 0 spiro atoms. The summed E-state index contributed by atoms with van der Waals surface area (Å²) in [6.07, 6.45) is 5.25. The molecule has 0 saturated carbocycles. The second-order valence-electron chi connectivity index (χ2n) is 6.80. The summed E-state index contributed by atoms with van der Waals surface area (Å²) in [5.41, 5.74) is 4.10. The zero-order valence-corrected chi connectivity index (χ0v) is 14.9. The van der Waals surface area contributed by atoms with E-state index in [1.165, 1.54) is 17.5 Å². The summed E-state index contributed by atoms with van der Waals surface area (Å²) in [4.78, 5) is 19.2. The Kier molecular flexibility index (Phi) is 4.52. The van der Waals surface area contributed by atoms with Crippen LogP contribution in [0.3, 0.4) is 0 Å². The van der Waals surface area contributed by atoms with Crippen molar-refractivity contribution < 1.29 is 4.79 Å². The van der Waals surface area contributed by atoms with E-state index in [1.807, 2.05) is 29.2 Å². The third-order valence-electron chi connectivity index (χ3n) is 5.14. The second-order valence-corrected chi connectivity index (χ2v) is 6.80. The minimum atomic E-state index is 0.0642. The molecule has 1 amide bonds. The van der Waals surface area contributed by atoms with Crippen molar-refractivity contribution in [2.45, 2.75) is 25.7 Å². The van der Waals surface area contributed by atoms with Gasteiger partial charge in [-0.2, -0.15) is 5.10 Å². The monoisotopic (exact) mass is 346 g/mol. The number of piperidine rings is 1. The first kappa shape index (κ1) is 16.5. The van der Waals surface area contributed by atoms with Crippen LogP contribution < -0.4 is 0 Å². The molecule has 5 nitrogen and oxygen atoms in total. The fourth-order valence-electron chi connectivity index (χ4n) is 3.82. The van der Waals surface area contributed by atoms with Gasteiger partial charge in [-0.1, -0.05) is 36.4 Å². The number of hydrogen-bond acceptors (Lipinski definition) is 3. The summed E-state index contributed by atoms with van der Waals surface area (Å²) in [7, 11) is 0. The van der Waals surface area contributed by atoms with Crippen LogP contribution in [-0.4, -0.2) is 38.7 Å². The molecule has 0 aliphatic carbocycles. The number of carbonyl (C=O) groups excluding carboxylic acids is 1. The fraction of sp³-hybridized carbons (Fsp3) is 0.286. The van der Waals surface area contributed by atoms with Crippen molar-refractivity contribution in [2.75, 3.05) is 13.1 Å². The van der Waals surface area contributed by atoms with Crippen LogP contribution in [0.4, 0.5) is 0 Å². The summed E-state index contributed by atoms with van der Waals surface area (Å²) >= 11 is 0. The highest BCUT2D eigenvalue weighted by Gasteiger charge is 2.27. The smallest absolute Gasteiger partial charge is 0.256 e. The number of amides is 1. The van der Waals surface area contributed by atoms with Gasteiger partial charge < -0.3 is 4.90 Å². The van der Waals surface area contributed by atoms with Crippen molar-refractivity contribution in [1.82, 2.24) is 19.7 Å². The lowest BCUT2D eigenvalue weighted by atomic mass is 9.87. The molecule has 1 aromatic heterocycles. The van der Waals surface area contributed by atoms with Gasteiger partial charge in [0.1, 0.15) is 12.7 Å². The Morgan fingerprint density at radius 3 is 2.73 bits per heavy atom. The Morgan fingerprint density at radius 1 is 1.12 bits per heavy atom. The lowest BCUT2D eigenvalue weighted by Gasteiger charge is -2.34. The predicted molar refractivity (Wildman–Crippen MR) is 100 cm³/mol. The van der Waals surface area contributed by atoms with Gasteiger partial charge in [0.05, 0.1) is 11.3 Å². The zero-order chi connectivity index (χ0) is 17.9. The van der Waals surface area contributed by atoms with E-state index in [0.29, 0.717) is 11.5 Å². The van der Waals surface area contributed by atoms with Crippen molar-refractivity contribution in [3.63, 3.8) is 0 Å². The molecule has 2 heterocycles. The Bertz CT molecular complexity index is 904. The number of aromatic nitrogens is 3. The van der Waals surface area contributed by atoms with Gasteiger partial charge in [-0.05, 0) is 43.0 Å². The molecule has 1 unspecified atom stereocenters. The number of aryl methyl sites for hydroxylation is 1. The van der Waals surface area contributed by atoms with E-state index in [1.54, 1.807) is 11.0 Å². The minimum Gasteiger partial charge on any atom is -0.338 e. The van der Waals surface area contributed by atoms with Crippen LogP contribution in [-0.2, 0) is 0 Å². The Morgan fingerprint density at radius 2 is 1.92 bits per heavy atom. The van der Waals surface area contributed by atoms with E-state index in [4.69, 9.17) is 0 Å². The number of benzene rings is 2. The first-order valence-electron chi connectivity index (χ1n) is 9.03. The Hall–Kier alpha value is -2.95. The van der Waals surface area contributed by atoms with Crippen LogP contribution in [0.1, 0.15) is 40.2 Å². The number of para-hydroxylation sites is 1. The standard InChI is InChI=1S/C21H22N4O/c1-16-7-2-3-9-18(16)17-8-6-12-24(13-17)21(26)19-10-4-5-11-20(19)25-15-22-14-23-25/h2-5,7,9-11,14-15,17H,6,8,12-13H2,1H3. The molecule has 132 valence electrons. The number of carbonyl (C=O) groups is 1. The summed E-state index contributed by atoms with van der Waals surface area (Å²) in [5.74, 6) is 0.460. The largest absolute Gasteiger partial charge is 0.338 e. The first-order chi connectivity index (χ1) is 12.7. The molecule has 1 aliphatic rings. The van der Waals surface area contributed by atoms with Gasteiger partial charge >= 0.3 is 0 Å². The number of hydrogen-bond donors (Lipinski definition) is 0. The molecule has 1 fully saturated rings. The van der Waals surface area contributed by atoms with E-state index in [2.05, 4.69) is 41.3 Å².